The molecule has 0 bridgehead atoms. The summed E-state index contributed by atoms with van der Waals surface area (Å²) in [4.78, 5) is 20.4. The Morgan fingerprint density at radius 1 is 1.19 bits per heavy atom. The maximum atomic E-state index is 10.1. The van der Waals surface area contributed by atoms with E-state index in [9.17, 15) is 10.1 Å². The molecule has 16 heavy (non-hydrogen) atoms. The summed E-state index contributed by atoms with van der Waals surface area (Å²) in [5, 5.41) is 10.2. The predicted molar refractivity (Wildman–Crippen MR) is 57.9 cm³/mol. The quantitative estimate of drug-likeness (QED) is 0.561. The Hall–Kier alpha value is -2.08. The van der Waals surface area contributed by atoms with E-state index in [2.05, 4.69) is 15.0 Å². The second-order valence-electron chi connectivity index (χ2n) is 2.49. The minimum Gasteiger partial charge on any atom is -0.258 e. The van der Waals surface area contributed by atoms with Gasteiger partial charge in [-0.15, -0.1) is 0 Å². The van der Waals surface area contributed by atoms with Crippen LogP contribution in [0.2, 0.25) is 5.02 Å². The Balaban J connectivity index is 0.000000181. The highest BCUT2D eigenvalue weighted by Gasteiger charge is 2.09. The molecule has 2 aromatic heterocycles. The highest BCUT2D eigenvalue weighted by atomic mass is 35.5. The smallest absolute Gasteiger partial charge is 0.258 e. The van der Waals surface area contributed by atoms with Gasteiger partial charge in [-0.3, -0.25) is 15.1 Å². The van der Waals surface area contributed by atoms with E-state index in [1.165, 1.54) is 18.6 Å². The van der Waals surface area contributed by atoms with Gasteiger partial charge in [-0.1, -0.05) is 11.6 Å². The van der Waals surface area contributed by atoms with Gasteiger partial charge in [-0.2, -0.15) is 0 Å². The lowest BCUT2D eigenvalue weighted by Crippen LogP contribution is -1.88. The first-order chi connectivity index (χ1) is 7.72. The molecule has 6 nitrogen and oxygen atoms in total. The molecule has 0 fully saturated rings. The van der Waals surface area contributed by atoms with Crippen molar-refractivity contribution in [3.63, 3.8) is 0 Å². The number of nitrogens with zero attached hydrogens (tertiary/aromatic N) is 4. The van der Waals surface area contributed by atoms with Gasteiger partial charge >= 0.3 is 5.69 Å². The van der Waals surface area contributed by atoms with Crippen molar-refractivity contribution in [2.45, 2.75) is 0 Å². The zero-order valence-electron chi connectivity index (χ0n) is 8.02. The molecule has 2 rings (SSSR count). The van der Waals surface area contributed by atoms with Gasteiger partial charge < -0.3 is 0 Å². The van der Waals surface area contributed by atoms with Crippen LogP contribution >= 0.6 is 11.6 Å². The molecule has 0 spiro atoms. The first kappa shape index (κ1) is 12.0. The largest absolute Gasteiger partial charge is 0.305 e. The minimum atomic E-state index is -0.574. The molecular formula is C9H7ClN4O2. The van der Waals surface area contributed by atoms with E-state index in [0.717, 1.165) is 6.20 Å². The van der Waals surface area contributed by atoms with Crippen molar-refractivity contribution in [1.82, 2.24) is 15.0 Å². The molecular weight excluding hydrogens is 232 g/mol. The lowest BCUT2D eigenvalue weighted by Gasteiger charge is -1.90. The van der Waals surface area contributed by atoms with Gasteiger partial charge in [-0.25, -0.2) is 9.97 Å². The summed E-state index contributed by atoms with van der Waals surface area (Å²) in [6.45, 7) is 0. The SMILES string of the molecule is O=[N+]([O-])c1cnccc1Cl.c1cncnc1. The van der Waals surface area contributed by atoms with Crippen LogP contribution in [0.1, 0.15) is 0 Å². The number of hydrogen-bond donors (Lipinski definition) is 0. The van der Waals surface area contributed by atoms with Crippen molar-refractivity contribution < 1.29 is 4.92 Å². The normalized spacial score (nSPS) is 8.81. The first-order valence-electron chi connectivity index (χ1n) is 4.15. The number of hydrogen-bond acceptors (Lipinski definition) is 5. The number of halogens is 1. The molecule has 2 heterocycles. The fraction of sp³-hybridized carbons (Fsp3) is 0. The summed E-state index contributed by atoms with van der Waals surface area (Å²) in [6.07, 6.45) is 7.39. The lowest BCUT2D eigenvalue weighted by molar-refractivity contribution is -0.385. The third-order valence-electron chi connectivity index (χ3n) is 1.42. The highest BCUT2D eigenvalue weighted by Crippen LogP contribution is 2.20. The molecule has 2 aromatic rings. The predicted octanol–water partition coefficient (Wildman–Crippen LogP) is 2.12. The maximum Gasteiger partial charge on any atom is 0.305 e. The number of aromatic nitrogens is 3. The summed E-state index contributed by atoms with van der Waals surface area (Å²) in [6, 6.07) is 3.15. The third-order valence-corrected chi connectivity index (χ3v) is 1.74. The molecule has 82 valence electrons. The summed E-state index contributed by atoms with van der Waals surface area (Å²) >= 11 is 5.44. The van der Waals surface area contributed by atoms with Crippen LogP contribution in [0.25, 0.3) is 0 Å². The van der Waals surface area contributed by atoms with Crippen LogP contribution in [0.4, 0.5) is 5.69 Å². The monoisotopic (exact) mass is 238 g/mol. The maximum absolute atomic E-state index is 10.1. The standard InChI is InChI=1S/C5H3ClN2O2.C4H4N2/c6-4-1-2-7-3-5(4)8(9)10;1-2-5-4-6-3-1/h1-3H;1-4H. The molecule has 0 saturated heterocycles. The summed E-state index contributed by atoms with van der Waals surface area (Å²) in [7, 11) is 0. The van der Waals surface area contributed by atoms with E-state index < -0.39 is 4.92 Å². The van der Waals surface area contributed by atoms with Crippen LogP contribution in [-0.2, 0) is 0 Å². The number of nitro groups is 1. The zero-order chi connectivity index (χ0) is 11.8. The summed E-state index contributed by atoms with van der Waals surface area (Å²) < 4.78 is 0. The van der Waals surface area contributed by atoms with Gasteiger partial charge in [0, 0.05) is 18.6 Å². The van der Waals surface area contributed by atoms with Crippen molar-refractivity contribution in [2.24, 2.45) is 0 Å². The van der Waals surface area contributed by atoms with Crippen molar-refractivity contribution in [3.05, 3.63) is 58.4 Å². The van der Waals surface area contributed by atoms with E-state index in [-0.39, 0.29) is 10.7 Å². The molecule has 0 N–H and O–H groups in total. The number of pyridine rings is 1. The van der Waals surface area contributed by atoms with Crippen LogP contribution in [0.5, 0.6) is 0 Å². The number of rotatable bonds is 1. The van der Waals surface area contributed by atoms with Crippen molar-refractivity contribution >= 4 is 17.3 Å². The second-order valence-corrected chi connectivity index (χ2v) is 2.90. The summed E-state index contributed by atoms with van der Waals surface area (Å²) in [5.74, 6) is 0. The average Bonchev–Trinajstić information content (AvgIpc) is 2.32. The van der Waals surface area contributed by atoms with E-state index in [4.69, 9.17) is 11.6 Å². The molecule has 0 unspecified atom stereocenters. The fourth-order valence-electron chi connectivity index (χ4n) is 0.757. The molecule has 0 aliphatic carbocycles. The average molecular weight is 239 g/mol. The molecule has 0 radical (unpaired) electrons. The van der Waals surface area contributed by atoms with Crippen LogP contribution in [0, 0.1) is 10.1 Å². The van der Waals surface area contributed by atoms with E-state index in [1.54, 1.807) is 18.5 Å². The third kappa shape index (κ3) is 3.97. The molecule has 0 aliphatic rings. The van der Waals surface area contributed by atoms with Crippen molar-refractivity contribution in [2.75, 3.05) is 0 Å². The van der Waals surface area contributed by atoms with Crippen LogP contribution in [-0.4, -0.2) is 19.9 Å². The van der Waals surface area contributed by atoms with Crippen LogP contribution in [0.15, 0.2) is 43.2 Å². The highest BCUT2D eigenvalue weighted by molar-refractivity contribution is 6.32. The lowest BCUT2D eigenvalue weighted by atomic mass is 10.4. The van der Waals surface area contributed by atoms with Crippen LogP contribution < -0.4 is 0 Å². The Labute approximate surface area is 96.1 Å². The Bertz CT molecular complexity index is 426. The van der Waals surface area contributed by atoms with E-state index in [0.29, 0.717) is 0 Å². The van der Waals surface area contributed by atoms with Gasteiger partial charge in [0.25, 0.3) is 0 Å². The first-order valence-corrected chi connectivity index (χ1v) is 4.53. The zero-order valence-corrected chi connectivity index (χ0v) is 8.78. The van der Waals surface area contributed by atoms with E-state index in [1.807, 2.05) is 0 Å². The van der Waals surface area contributed by atoms with Crippen LogP contribution in [0.3, 0.4) is 0 Å². The Morgan fingerprint density at radius 3 is 2.19 bits per heavy atom. The van der Waals surface area contributed by atoms with Gasteiger partial charge in [0.15, 0.2) is 0 Å². The van der Waals surface area contributed by atoms with Gasteiger partial charge in [0.2, 0.25) is 0 Å². The van der Waals surface area contributed by atoms with Gasteiger partial charge in [0.05, 0.1) is 4.92 Å². The Morgan fingerprint density at radius 2 is 1.88 bits per heavy atom. The topological polar surface area (TPSA) is 81.8 Å². The fourth-order valence-corrected chi connectivity index (χ4v) is 0.931. The molecule has 0 atom stereocenters. The van der Waals surface area contributed by atoms with Crippen molar-refractivity contribution in [3.8, 4) is 0 Å². The Kier molecular flexibility index (Phi) is 4.81. The van der Waals surface area contributed by atoms with Gasteiger partial charge in [-0.05, 0) is 12.1 Å². The van der Waals surface area contributed by atoms with E-state index >= 15 is 0 Å². The molecule has 0 aliphatic heterocycles. The van der Waals surface area contributed by atoms with Crippen molar-refractivity contribution in [1.29, 1.82) is 0 Å². The molecule has 0 aromatic carbocycles. The van der Waals surface area contributed by atoms with Gasteiger partial charge in [0.1, 0.15) is 17.5 Å². The second kappa shape index (κ2) is 6.41. The molecule has 7 heteroatoms. The molecule has 0 saturated carbocycles. The molecule has 0 amide bonds. The minimum absolute atomic E-state index is 0.111. The summed E-state index contributed by atoms with van der Waals surface area (Å²) in [5.41, 5.74) is -0.163.